The van der Waals surface area contributed by atoms with Crippen molar-refractivity contribution in [3.05, 3.63) is 24.5 Å². The Hall–Kier alpha value is -1.33. The first kappa shape index (κ1) is 17.5. The average Bonchev–Trinajstić information content (AvgIpc) is 3.10. The number of carbonyl (C=O) groups is 1. The molecular weight excluding hydrogens is 302 g/mol. The zero-order chi connectivity index (χ0) is 16.8. The van der Waals surface area contributed by atoms with Gasteiger partial charge in [-0.3, -0.25) is 4.79 Å². The Bertz CT molecular complexity index is 517. The predicted molar refractivity (Wildman–Crippen MR) is 94.7 cm³/mol. The second-order valence-electron chi connectivity index (χ2n) is 7.55. The lowest BCUT2D eigenvalue weighted by atomic mass is 9.73. The molecule has 0 aliphatic carbocycles. The van der Waals surface area contributed by atoms with E-state index in [0.29, 0.717) is 19.4 Å². The Morgan fingerprint density at radius 3 is 2.67 bits per heavy atom. The van der Waals surface area contributed by atoms with Gasteiger partial charge in [0.05, 0.1) is 0 Å². The summed E-state index contributed by atoms with van der Waals surface area (Å²) in [5.41, 5.74) is 0.287. The van der Waals surface area contributed by atoms with Gasteiger partial charge in [0.25, 0.3) is 0 Å². The lowest BCUT2D eigenvalue weighted by molar-refractivity contribution is -0.139. The third-order valence-electron chi connectivity index (χ3n) is 5.63. The quantitative estimate of drug-likeness (QED) is 0.830. The largest absolute Gasteiger partial charge is 0.396 e. The van der Waals surface area contributed by atoms with E-state index in [4.69, 9.17) is 5.11 Å². The minimum atomic E-state index is 0.169. The van der Waals surface area contributed by atoms with Crippen molar-refractivity contribution in [3.8, 4) is 0 Å². The molecule has 0 aromatic carbocycles. The molecule has 0 bridgehead atoms. The topological polar surface area (TPSA) is 48.7 Å². The number of aryl methyl sites for hydroxylation is 1. The van der Waals surface area contributed by atoms with Crippen molar-refractivity contribution in [2.45, 2.75) is 45.1 Å². The van der Waals surface area contributed by atoms with Crippen LogP contribution in [0.3, 0.4) is 0 Å². The van der Waals surface area contributed by atoms with E-state index >= 15 is 0 Å². The van der Waals surface area contributed by atoms with E-state index in [1.807, 2.05) is 4.90 Å². The van der Waals surface area contributed by atoms with E-state index in [1.54, 1.807) is 0 Å². The molecule has 5 nitrogen and oxygen atoms in total. The molecule has 2 fully saturated rings. The van der Waals surface area contributed by atoms with Crippen LogP contribution in [0.1, 0.15) is 38.5 Å². The van der Waals surface area contributed by atoms with Gasteiger partial charge in [0.1, 0.15) is 0 Å². The zero-order valence-corrected chi connectivity index (χ0v) is 14.7. The van der Waals surface area contributed by atoms with E-state index in [0.717, 1.165) is 32.6 Å². The number of nitrogens with zero attached hydrogens (tertiary/aromatic N) is 3. The monoisotopic (exact) mass is 333 g/mol. The second kappa shape index (κ2) is 8.17. The molecule has 2 saturated heterocycles. The molecule has 2 aliphatic heterocycles. The minimum absolute atomic E-state index is 0.169. The highest BCUT2D eigenvalue weighted by atomic mass is 16.3. The molecule has 1 spiro atoms. The van der Waals surface area contributed by atoms with Crippen LogP contribution >= 0.6 is 0 Å². The first-order valence-electron chi connectivity index (χ1n) is 9.43. The number of rotatable bonds is 7. The number of hydrogen-bond donors (Lipinski definition) is 1. The molecule has 134 valence electrons. The molecule has 0 saturated carbocycles. The average molecular weight is 333 g/mol. The summed E-state index contributed by atoms with van der Waals surface area (Å²) >= 11 is 0. The summed E-state index contributed by atoms with van der Waals surface area (Å²) in [6.45, 7) is 6.31. The lowest BCUT2D eigenvalue weighted by Gasteiger charge is -2.48. The summed E-state index contributed by atoms with van der Waals surface area (Å²) in [6, 6.07) is 4.16. The van der Waals surface area contributed by atoms with Crippen LogP contribution in [0.25, 0.3) is 0 Å². The first-order valence-corrected chi connectivity index (χ1v) is 9.43. The van der Waals surface area contributed by atoms with E-state index in [-0.39, 0.29) is 17.9 Å². The fourth-order valence-electron chi connectivity index (χ4n) is 4.40. The smallest absolute Gasteiger partial charge is 0.222 e. The number of carbonyl (C=O) groups excluding carboxylic acids is 1. The highest BCUT2D eigenvalue weighted by Gasteiger charge is 2.41. The van der Waals surface area contributed by atoms with Crippen LogP contribution in [0.5, 0.6) is 0 Å². The Kier molecular flexibility index (Phi) is 5.95. The van der Waals surface area contributed by atoms with Gasteiger partial charge in [-0.25, -0.2) is 0 Å². The van der Waals surface area contributed by atoms with E-state index in [2.05, 4.69) is 34.0 Å². The molecule has 5 heteroatoms. The van der Waals surface area contributed by atoms with Crippen molar-refractivity contribution < 1.29 is 9.90 Å². The van der Waals surface area contributed by atoms with Crippen molar-refractivity contribution >= 4 is 5.91 Å². The maximum absolute atomic E-state index is 12.1. The van der Waals surface area contributed by atoms with E-state index in [1.165, 1.54) is 25.8 Å². The summed E-state index contributed by atoms with van der Waals surface area (Å²) < 4.78 is 2.25. The number of amides is 1. The minimum Gasteiger partial charge on any atom is -0.396 e. The maximum atomic E-state index is 12.1. The Labute approximate surface area is 145 Å². The van der Waals surface area contributed by atoms with E-state index in [9.17, 15) is 4.79 Å². The zero-order valence-electron chi connectivity index (χ0n) is 14.7. The molecule has 0 unspecified atom stereocenters. The summed E-state index contributed by atoms with van der Waals surface area (Å²) in [5, 5.41) is 9.05. The third-order valence-corrected chi connectivity index (χ3v) is 5.63. The number of aromatic nitrogens is 1. The third kappa shape index (κ3) is 4.39. The van der Waals surface area contributed by atoms with Gasteiger partial charge in [-0.05, 0) is 57.3 Å². The number of aliphatic hydroxyl groups excluding tert-OH is 1. The second-order valence-corrected chi connectivity index (χ2v) is 7.55. The number of piperidine rings is 2. The van der Waals surface area contributed by atoms with Gasteiger partial charge in [0.15, 0.2) is 0 Å². The van der Waals surface area contributed by atoms with Gasteiger partial charge in [-0.2, -0.15) is 0 Å². The van der Waals surface area contributed by atoms with Gasteiger partial charge in [0, 0.05) is 57.0 Å². The Morgan fingerprint density at radius 2 is 1.88 bits per heavy atom. The van der Waals surface area contributed by atoms with Crippen LogP contribution in [-0.2, 0) is 11.3 Å². The van der Waals surface area contributed by atoms with Crippen LogP contribution in [0.15, 0.2) is 24.5 Å². The van der Waals surface area contributed by atoms with Crippen molar-refractivity contribution in [2.24, 2.45) is 5.41 Å². The molecular formula is C19H31N3O2. The van der Waals surface area contributed by atoms with Crippen LogP contribution in [0, 0.1) is 5.41 Å². The molecule has 1 atom stereocenters. The number of likely N-dealkylation sites (tertiary alicyclic amines) is 2. The van der Waals surface area contributed by atoms with Gasteiger partial charge >= 0.3 is 0 Å². The Balaban J connectivity index is 1.50. The summed E-state index contributed by atoms with van der Waals surface area (Å²) in [6.07, 6.45) is 10.3. The molecule has 3 rings (SSSR count). The SMILES string of the molecule is O=C1CC[C@]2(CCCN(CCCn3cccc3)C2)CN1CCCO. The number of hydrogen-bond acceptors (Lipinski definition) is 3. The van der Waals surface area contributed by atoms with Crippen LogP contribution in [-0.4, -0.2) is 64.7 Å². The molecule has 0 radical (unpaired) electrons. The molecule has 3 heterocycles. The van der Waals surface area contributed by atoms with Gasteiger partial charge in [-0.1, -0.05) is 0 Å². The van der Waals surface area contributed by atoms with Crippen LogP contribution in [0.2, 0.25) is 0 Å². The lowest BCUT2D eigenvalue weighted by Crippen LogP contribution is -2.54. The molecule has 2 aliphatic rings. The standard InChI is InChI=1S/C19H31N3O2/c23-15-5-14-22-17-19(8-6-18(22)24)7-3-11-21(16-19)13-4-12-20-9-1-2-10-20/h1-2,9-10,23H,3-8,11-17H2/t19-/m0/s1. The van der Waals surface area contributed by atoms with Crippen molar-refractivity contribution in [1.29, 1.82) is 0 Å². The first-order chi connectivity index (χ1) is 11.7. The summed E-state index contributed by atoms with van der Waals surface area (Å²) in [5.74, 6) is 0.277. The van der Waals surface area contributed by atoms with Crippen LogP contribution in [0.4, 0.5) is 0 Å². The summed E-state index contributed by atoms with van der Waals surface area (Å²) in [4.78, 5) is 16.7. The van der Waals surface area contributed by atoms with Crippen molar-refractivity contribution in [3.63, 3.8) is 0 Å². The molecule has 24 heavy (non-hydrogen) atoms. The van der Waals surface area contributed by atoms with Gasteiger partial charge in [-0.15, -0.1) is 0 Å². The predicted octanol–water partition coefficient (Wildman–Crippen LogP) is 1.97. The summed E-state index contributed by atoms with van der Waals surface area (Å²) in [7, 11) is 0. The van der Waals surface area contributed by atoms with E-state index < -0.39 is 0 Å². The van der Waals surface area contributed by atoms with Gasteiger partial charge < -0.3 is 19.5 Å². The molecule has 1 amide bonds. The highest BCUT2D eigenvalue weighted by Crippen LogP contribution is 2.38. The molecule has 1 N–H and O–H groups in total. The number of aliphatic hydroxyl groups is 1. The van der Waals surface area contributed by atoms with Gasteiger partial charge in [0.2, 0.25) is 5.91 Å². The van der Waals surface area contributed by atoms with Crippen LogP contribution < -0.4 is 0 Å². The normalized spacial score (nSPS) is 25.5. The fourth-order valence-corrected chi connectivity index (χ4v) is 4.40. The maximum Gasteiger partial charge on any atom is 0.222 e. The molecule has 1 aromatic heterocycles. The highest BCUT2D eigenvalue weighted by molar-refractivity contribution is 5.77. The van der Waals surface area contributed by atoms with Crippen molar-refractivity contribution in [2.75, 3.05) is 39.3 Å². The fraction of sp³-hybridized carbons (Fsp3) is 0.737. The van der Waals surface area contributed by atoms with Crippen molar-refractivity contribution in [1.82, 2.24) is 14.4 Å². The molecule has 1 aromatic rings. The Morgan fingerprint density at radius 1 is 1.04 bits per heavy atom.